The predicted octanol–water partition coefficient (Wildman–Crippen LogP) is 3.13. The Morgan fingerprint density at radius 2 is 2.14 bits per heavy atom. The summed E-state index contributed by atoms with van der Waals surface area (Å²) in [4.78, 5) is 14.7. The van der Waals surface area contributed by atoms with Crippen LogP contribution in [0.25, 0.3) is 0 Å². The molecule has 1 amide bonds. The van der Waals surface area contributed by atoms with Gasteiger partial charge in [0.25, 0.3) is 5.91 Å². The molecule has 2 N–H and O–H groups in total. The van der Waals surface area contributed by atoms with Gasteiger partial charge in [-0.1, -0.05) is 12.1 Å². The third kappa shape index (κ3) is 2.39. The number of fused-ring (bicyclic) bond motifs is 2. The Labute approximate surface area is 128 Å². The minimum absolute atomic E-state index is 0.0429. The van der Waals surface area contributed by atoms with E-state index in [1.807, 2.05) is 12.1 Å². The first-order chi connectivity index (χ1) is 10.3. The van der Waals surface area contributed by atoms with Crippen LogP contribution >= 0.6 is 11.3 Å². The van der Waals surface area contributed by atoms with E-state index in [1.54, 1.807) is 11.3 Å². The smallest absolute Gasteiger partial charge is 0.265 e. The van der Waals surface area contributed by atoms with Gasteiger partial charge in [-0.05, 0) is 61.1 Å². The molecule has 2 heterocycles. The zero-order valence-electron chi connectivity index (χ0n) is 11.9. The number of anilines is 1. The summed E-state index contributed by atoms with van der Waals surface area (Å²) < 4.78 is 0. The van der Waals surface area contributed by atoms with Crippen LogP contribution in [0.4, 0.5) is 5.69 Å². The SMILES string of the molecule is O=C(Nc1cccc2c1CCNC2)c1cc2c(s1)CCC2. The third-order valence-corrected chi connectivity index (χ3v) is 5.59. The summed E-state index contributed by atoms with van der Waals surface area (Å²) in [6.07, 6.45) is 4.49. The van der Waals surface area contributed by atoms with Crippen LogP contribution in [0.15, 0.2) is 24.3 Å². The molecule has 0 bridgehead atoms. The monoisotopic (exact) mass is 298 g/mol. The highest BCUT2D eigenvalue weighted by molar-refractivity contribution is 7.14. The fraction of sp³-hybridized carbons (Fsp3) is 0.353. The maximum absolute atomic E-state index is 12.5. The molecule has 0 unspecified atom stereocenters. The molecule has 1 aromatic carbocycles. The lowest BCUT2D eigenvalue weighted by molar-refractivity contribution is 0.103. The minimum atomic E-state index is 0.0429. The van der Waals surface area contributed by atoms with E-state index in [-0.39, 0.29) is 5.91 Å². The average Bonchev–Trinajstić information content (AvgIpc) is 3.09. The third-order valence-electron chi connectivity index (χ3n) is 4.36. The number of thiophene rings is 1. The lowest BCUT2D eigenvalue weighted by atomic mass is 9.99. The highest BCUT2D eigenvalue weighted by Crippen LogP contribution is 2.31. The lowest BCUT2D eigenvalue weighted by Crippen LogP contribution is -2.25. The molecular weight excluding hydrogens is 280 g/mol. The molecule has 0 saturated heterocycles. The Morgan fingerprint density at radius 1 is 1.19 bits per heavy atom. The molecule has 0 fully saturated rings. The molecule has 21 heavy (non-hydrogen) atoms. The number of benzene rings is 1. The molecular formula is C17H18N2OS. The van der Waals surface area contributed by atoms with Crippen LogP contribution in [-0.4, -0.2) is 12.5 Å². The molecule has 4 rings (SSSR count). The van der Waals surface area contributed by atoms with E-state index in [4.69, 9.17) is 0 Å². The summed E-state index contributed by atoms with van der Waals surface area (Å²) in [7, 11) is 0. The molecule has 0 atom stereocenters. The van der Waals surface area contributed by atoms with Gasteiger partial charge in [0.2, 0.25) is 0 Å². The standard InChI is InChI=1S/C17H18N2OS/c20-17(16-9-11-3-2-6-15(11)21-16)19-14-5-1-4-12-10-18-8-7-13(12)14/h1,4-5,9,18H,2-3,6-8,10H2,(H,19,20). The van der Waals surface area contributed by atoms with Crippen LogP contribution in [0.5, 0.6) is 0 Å². The van der Waals surface area contributed by atoms with Crippen molar-refractivity contribution in [1.29, 1.82) is 0 Å². The molecule has 1 aliphatic heterocycles. The molecule has 3 nitrogen and oxygen atoms in total. The number of rotatable bonds is 2. The molecule has 0 radical (unpaired) electrons. The van der Waals surface area contributed by atoms with Crippen molar-refractivity contribution in [3.63, 3.8) is 0 Å². The van der Waals surface area contributed by atoms with E-state index in [0.717, 1.165) is 42.9 Å². The zero-order valence-corrected chi connectivity index (χ0v) is 12.7. The fourth-order valence-corrected chi connectivity index (χ4v) is 4.42. The van der Waals surface area contributed by atoms with Crippen LogP contribution in [0.2, 0.25) is 0 Å². The second-order valence-electron chi connectivity index (χ2n) is 5.74. The highest BCUT2D eigenvalue weighted by atomic mass is 32.1. The number of amides is 1. The maximum Gasteiger partial charge on any atom is 0.265 e. The van der Waals surface area contributed by atoms with Gasteiger partial charge in [0.15, 0.2) is 0 Å². The van der Waals surface area contributed by atoms with Crippen LogP contribution in [0.3, 0.4) is 0 Å². The van der Waals surface area contributed by atoms with Crippen LogP contribution in [0, 0.1) is 0 Å². The van der Waals surface area contributed by atoms with Gasteiger partial charge in [-0.3, -0.25) is 4.79 Å². The minimum Gasteiger partial charge on any atom is -0.321 e. The Hall–Kier alpha value is -1.65. The van der Waals surface area contributed by atoms with Crippen molar-refractivity contribution in [2.75, 3.05) is 11.9 Å². The van der Waals surface area contributed by atoms with Crippen molar-refractivity contribution in [2.45, 2.75) is 32.2 Å². The number of carbonyl (C=O) groups excluding carboxylic acids is 1. The summed E-state index contributed by atoms with van der Waals surface area (Å²) in [5, 5.41) is 6.49. The van der Waals surface area contributed by atoms with Gasteiger partial charge < -0.3 is 10.6 Å². The van der Waals surface area contributed by atoms with E-state index in [0.29, 0.717) is 0 Å². The largest absolute Gasteiger partial charge is 0.321 e. The Kier molecular flexibility index (Phi) is 3.28. The Bertz CT molecular complexity index is 683. The summed E-state index contributed by atoms with van der Waals surface area (Å²) in [6.45, 7) is 1.87. The number of aryl methyl sites for hydroxylation is 2. The van der Waals surface area contributed by atoms with Crippen molar-refractivity contribution in [1.82, 2.24) is 5.32 Å². The van der Waals surface area contributed by atoms with E-state index < -0.39 is 0 Å². The van der Waals surface area contributed by atoms with Crippen LogP contribution in [-0.2, 0) is 25.8 Å². The first-order valence-electron chi connectivity index (χ1n) is 7.56. The number of carbonyl (C=O) groups is 1. The van der Waals surface area contributed by atoms with Crippen LogP contribution < -0.4 is 10.6 Å². The molecule has 1 aromatic heterocycles. The first kappa shape index (κ1) is 13.0. The van der Waals surface area contributed by atoms with Gasteiger partial charge in [-0.2, -0.15) is 0 Å². The number of hydrogen-bond acceptors (Lipinski definition) is 3. The van der Waals surface area contributed by atoms with Crippen molar-refractivity contribution in [3.8, 4) is 0 Å². The van der Waals surface area contributed by atoms with Crippen molar-refractivity contribution in [2.24, 2.45) is 0 Å². The van der Waals surface area contributed by atoms with E-state index in [2.05, 4.69) is 22.8 Å². The first-order valence-corrected chi connectivity index (χ1v) is 8.37. The molecule has 1 aliphatic carbocycles. The van der Waals surface area contributed by atoms with Crippen molar-refractivity contribution >= 4 is 22.9 Å². The van der Waals surface area contributed by atoms with Gasteiger partial charge >= 0.3 is 0 Å². The summed E-state index contributed by atoms with van der Waals surface area (Å²) in [5.41, 5.74) is 4.94. The van der Waals surface area contributed by atoms with E-state index >= 15 is 0 Å². The Balaban J connectivity index is 1.59. The molecule has 0 spiro atoms. The average molecular weight is 298 g/mol. The number of nitrogens with one attached hydrogen (secondary N) is 2. The van der Waals surface area contributed by atoms with E-state index in [1.165, 1.54) is 28.0 Å². The van der Waals surface area contributed by atoms with Gasteiger partial charge in [0.05, 0.1) is 4.88 Å². The zero-order chi connectivity index (χ0) is 14.2. The van der Waals surface area contributed by atoms with Gasteiger partial charge in [-0.15, -0.1) is 11.3 Å². The Morgan fingerprint density at radius 3 is 3.05 bits per heavy atom. The molecule has 2 aromatic rings. The lowest BCUT2D eigenvalue weighted by Gasteiger charge is -2.20. The topological polar surface area (TPSA) is 41.1 Å². The van der Waals surface area contributed by atoms with Crippen molar-refractivity contribution < 1.29 is 4.79 Å². The van der Waals surface area contributed by atoms with E-state index in [9.17, 15) is 4.79 Å². The summed E-state index contributed by atoms with van der Waals surface area (Å²) in [5.74, 6) is 0.0429. The molecule has 4 heteroatoms. The second kappa shape index (κ2) is 5.28. The van der Waals surface area contributed by atoms with Crippen molar-refractivity contribution in [3.05, 3.63) is 50.7 Å². The molecule has 2 aliphatic rings. The van der Waals surface area contributed by atoms with Gasteiger partial charge in [0, 0.05) is 17.1 Å². The fourth-order valence-electron chi connectivity index (χ4n) is 3.27. The highest BCUT2D eigenvalue weighted by Gasteiger charge is 2.20. The normalized spacial score (nSPS) is 16.4. The second-order valence-corrected chi connectivity index (χ2v) is 6.87. The van der Waals surface area contributed by atoms with Crippen LogP contribution in [0.1, 0.15) is 37.7 Å². The summed E-state index contributed by atoms with van der Waals surface area (Å²) in [6, 6.07) is 8.26. The van der Waals surface area contributed by atoms with Gasteiger partial charge in [-0.25, -0.2) is 0 Å². The molecule has 0 saturated carbocycles. The predicted molar refractivity (Wildman–Crippen MR) is 86.1 cm³/mol. The molecule has 108 valence electrons. The van der Waals surface area contributed by atoms with Gasteiger partial charge in [0.1, 0.15) is 0 Å². The summed E-state index contributed by atoms with van der Waals surface area (Å²) >= 11 is 1.66. The number of hydrogen-bond donors (Lipinski definition) is 2. The quantitative estimate of drug-likeness (QED) is 0.894. The maximum atomic E-state index is 12.5.